The van der Waals surface area contributed by atoms with Crippen LogP contribution >= 0.6 is 35.0 Å². The lowest BCUT2D eigenvalue weighted by atomic mass is 10.2. The molecule has 7 nitrogen and oxygen atoms in total. The second kappa shape index (κ2) is 11.5. The zero-order chi connectivity index (χ0) is 21.2. The van der Waals surface area contributed by atoms with Crippen molar-refractivity contribution in [3.8, 4) is 0 Å². The number of carbonyl (C=O) groups excluding carboxylic acids is 2. The highest BCUT2D eigenvalue weighted by Gasteiger charge is 2.21. The molecule has 154 valence electrons. The number of carboxylic acids is 1. The van der Waals surface area contributed by atoms with Crippen molar-refractivity contribution in [2.24, 2.45) is 0 Å². The van der Waals surface area contributed by atoms with Crippen molar-refractivity contribution < 1.29 is 24.2 Å². The van der Waals surface area contributed by atoms with Crippen molar-refractivity contribution in [1.82, 2.24) is 5.32 Å². The number of carboxylic acid groups (broad SMARTS) is 1. The fourth-order valence-electron chi connectivity index (χ4n) is 2.14. The number of aliphatic carboxylic acids is 1. The molecule has 2 aromatic carbocycles. The zero-order valence-corrected chi connectivity index (χ0v) is 17.4. The Labute approximate surface area is 181 Å². The van der Waals surface area contributed by atoms with E-state index in [1.807, 2.05) is 6.07 Å². The quantitative estimate of drug-likeness (QED) is 0.525. The number of ether oxygens (including phenoxy) is 1. The molecule has 0 aliphatic rings. The van der Waals surface area contributed by atoms with Crippen LogP contribution in [-0.2, 0) is 20.9 Å². The molecular weight excluding hydrogens is 439 g/mol. The lowest BCUT2D eigenvalue weighted by Crippen LogP contribution is -2.43. The molecule has 0 aromatic heterocycles. The Bertz CT molecular complexity index is 847. The van der Waals surface area contributed by atoms with Crippen LogP contribution in [0.5, 0.6) is 0 Å². The summed E-state index contributed by atoms with van der Waals surface area (Å²) in [4.78, 5) is 35.2. The molecule has 29 heavy (non-hydrogen) atoms. The number of amides is 2. The molecule has 0 saturated carbocycles. The molecule has 0 aliphatic heterocycles. The van der Waals surface area contributed by atoms with Gasteiger partial charge >= 0.3 is 12.1 Å². The van der Waals surface area contributed by atoms with Gasteiger partial charge in [0.05, 0.1) is 21.5 Å². The zero-order valence-electron chi connectivity index (χ0n) is 15.1. The Morgan fingerprint density at radius 3 is 2.31 bits per heavy atom. The van der Waals surface area contributed by atoms with Gasteiger partial charge in [0, 0.05) is 5.75 Å². The molecule has 0 spiro atoms. The highest BCUT2D eigenvalue weighted by molar-refractivity contribution is 8.00. The molecule has 3 N–H and O–H groups in total. The van der Waals surface area contributed by atoms with Gasteiger partial charge in [-0.25, -0.2) is 9.59 Å². The van der Waals surface area contributed by atoms with E-state index in [1.165, 1.54) is 0 Å². The molecule has 0 bridgehead atoms. The number of nitrogens with one attached hydrogen (secondary N) is 2. The molecule has 1 atom stereocenters. The highest BCUT2D eigenvalue weighted by atomic mass is 35.5. The van der Waals surface area contributed by atoms with E-state index in [-0.39, 0.29) is 18.1 Å². The Morgan fingerprint density at radius 2 is 1.69 bits per heavy atom. The molecule has 1 unspecified atom stereocenters. The first kappa shape index (κ1) is 22.9. The van der Waals surface area contributed by atoms with E-state index >= 15 is 0 Å². The molecule has 0 fully saturated rings. The number of alkyl carbamates (subject to hydrolysis) is 1. The third kappa shape index (κ3) is 7.84. The Kier molecular flexibility index (Phi) is 9.11. The second-order valence-corrected chi connectivity index (χ2v) is 7.60. The van der Waals surface area contributed by atoms with E-state index in [9.17, 15) is 19.5 Å². The van der Waals surface area contributed by atoms with Crippen LogP contribution in [0.4, 0.5) is 10.5 Å². The number of thioether (sulfide) groups is 1. The molecule has 10 heteroatoms. The maximum Gasteiger partial charge on any atom is 0.408 e. The van der Waals surface area contributed by atoms with E-state index in [0.717, 1.165) is 17.3 Å². The molecular formula is C19H18Cl2N2O5S. The third-order valence-corrected chi connectivity index (χ3v) is 5.21. The summed E-state index contributed by atoms with van der Waals surface area (Å²) < 4.78 is 5.01. The van der Waals surface area contributed by atoms with Crippen LogP contribution in [0, 0.1) is 0 Å². The standard InChI is InChI=1S/C19H18Cl2N2O5S/c20-13-7-4-8-14(21)17(13)23-16(24)11-29-10-15(18(25)26)22-19(27)28-9-12-5-2-1-3-6-12/h1-8,15H,9-11H2,(H,22,27)(H,23,24)(H,25,26). The topological polar surface area (TPSA) is 105 Å². The summed E-state index contributed by atoms with van der Waals surface area (Å²) >= 11 is 13.0. The van der Waals surface area contributed by atoms with Crippen LogP contribution < -0.4 is 10.6 Å². The van der Waals surface area contributed by atoms with E-state index in [2.05, 4.69) is 10.6 Å². The van der Waals surface area contributed by atoms with Crippen LogP contribution in [0.25, 0.3) is 0 Å². The van der Waals surface area contributed by atoms with Crippen molar-refractivity contribution in [1.29, 1.82) is 0 Å². The first-order valence-electron chi connectivity index (χ1n) is 8.38. The molecule has 0 radical (unpaired) electrons. The van der Waals surface area contributed by atoms with Crippen molar-refractivity contribution in [2.75, 3.05) is 16.8 Å². The maximum atomic E-state index is 12.0. The van der Waals surface area contributed by atoms with Crippen LogP contribution in [0.2, 0.25) is 10.0 Å². The summed E-state index contributed by atoms with van der Waals surface area (Å²) in [6.07, 6.45) is -0.853. The van der Waals surface area contributed by atoms with Crippen LogP contribution in [0.15, 0.2) is 48.5 Å². The number of hydrogen-bond acceptors (Lipinski definition) is 5. The number of hydrogen-bond donors (Lipinski definition) is 3. The molecule has 0 heterocycles. The number of carbonyl (C=O) groups is 3. The maximum absolute atomic E-state index is 12.0. The van der Waals surface area contributed by atoms with Gasteiger partial charge in [-0.05, 0) is 17.7 Å². The van der Waals surface area contributed by atoms with Gasteiger partial charge in [0.2, 0.25) is 5.91 Å². The fourth-order valence-corrected chi connectivity index (χ4v) is 3.47. The predicted molar refractivity (Wildman–Crippen MR) is 114 cm³/mol. The van der Waals surface area contributed by atoms with Crippen molar-refractivity contribution in [3.63, 3.8) is 0 Å². The monoisotopic (exact) mass is 456 g/mol. The van der Waals surface area contributed by atoms with E-state index in [1.54, 1.807) is 42.5 Å². The Hall–Kier alpha value is -2.42. The minimum atomic E-state index is -1.23. The third-order valence-electron chi connectivity index (χ3n) is 3.55. The number of para-hydroxylation sites is 1. The van der Waals surface area contributed by atoms with Crippen LogP contribution in [-0.4, -0.2) is 40.6 Å². The molecule has 2 aromatic rings. The van der Waals surface area contributed by atoms with E-state index in [4.69, 9.17) is 27.9 Å². The van der Waals surface area contributed by atoms with Gasteiger partial charge in [-0.15, -0.1) is 11.8 Å². The minimum absolute atomic E-state index is 0.0210. The van der Waals surface area contributed by atoms with Crippen molar-refractivity contribution in [3.05, 3.63) is 64.1 Å². The van der Waals surface area contributed by atoms with Gasteiger partial charge < -0.3 is 20.5 Å². The van der Waals surface area contributed by atoms with Gasteiger partial charge in [-0.2, -0.15) is 0 Å². The fraction of sp³-hybridized carbons (Fsp3) is 0.211. The largest absolute Gasteiger partial charge is 0.480 e. The first-order chi connectivity index (χ1) is 13.9. The van der Waals surface area contributed by atoms with Crippen molar-refractivity contribution in [2.45, 2.75) is 12.6 Å². The molecule has 2 amide bonds. The average molecular weight is 457 g/mol. The number of benzene rings is 2. The Balaban J connectivity index is 1.77. The minimum Gasteiger partial charge on any atom is -0.480 e. The lowest BCUT2D eigenvalue weighted by molar-refractivity contribution is -0.138. The average Bonchev–Trinajstić information content (AvgIpc) is 2.69. The van der Waals surface area contributed by atoms with Gasteiger partial charge in [-0.3, -0.25) is 4.79 Å². The van der Waals surface area contributed by atoms with Crippen LogP contribution in [0.3, 0.4) is 0 Å². The van der Waals surface area contributed by atoms with Gasteiger partial charge in [0.25, 0.3) is 0 Å². The summed E-state index contributed by atoms with van der Waals surface area (Å²) in [5.41, 5.74) is 1.07. The normalized spacial score (nSPS) is 11.4. The van der Waals surface area contributed by atoms with E-state index < -0.39 is 24.0 Å². The summed E-state index contributed by atoms with van der Waals surface area (Å²) in [6.45, 7) is 0.0210. The van der Waals surface area contributed by atoms with Gasteiger partial charge in [-0.1, -0.05) is 59.6 Å². The number of anilines is 1. The van der Waals surface area contributed by atoms with Gasteiger partial charge in [0.1, 0.15) is 12.6 Å². The number of rotatable bonds is 9. The number of halogens is 2. The molecule has 2 rings (SSSR count). The predicted octanol–water partition coefficient (Wildman–Crippen LogP) is 4.04. The van der Waals surface area contributed by atoms with Gasteiger partial charge in [0.15, 0.2) is 0 Å². The summed E-state index contributed by atoms with van der Waals surface area (Å²) in [5.74, 6) is -1.71. The smallest absolute Gasteiger partial charge is 0.408 e. The second-order valence-electron chi connectivity index (χ2n) is 5.76. The van der Waals surface area contributed by atoms with E-state index in [0.29, 0.717) is 15.7 Å². The SMILES string of the molecule is O=C(CSCC(NC(=O)OCc1ccccc1)C(=O)O)Nc1c(Cl)cccc1Cl. The summed E-state index contributed by atoms with van der Waals surface area (Å²) in [6, 6.07) is 12.6. The highest BCUT2D eigenvalue weighted by Crippen LogP contribution is 2.29. The first-order valence-corrected chi connectivity index (χ1v) is 10.3. The summed E-state index contributed by atoms with van der Waals surface area (Å²) in [7, 11) is 0. The van der Waals surface area contributed by atoms with Crippen molar-refractivity contribution >= 4 is 58.6 Å². The van der Waals surface area contributed by atoms with Crippen LogP contribution in [0.1, 0.15) is 5.56 Å². The summed E-state index contributed by atoms with van der Waals surface area (Å²) in [5, 5.41) is 14.7. The Morgan fingerprint density at radius 1 is 1.03 bits per heavy atom. The molecule has 0 saturated heterocycles. The molecule has 0 aliphatic carbocycles. The lowest BCUT2D eigenvalue weighted by Gasteiger charge is -2.14.